The maximum Gasteiger partial charge on any atom is 0.0580 e. The van der Waals surface area contributed by atoms with Crippen LogP contribution in [0.4, 0.5) is 0 Å². The molecule has 5 unspecified atom stereocenters. The van der Waals surface area contributed by atoms with E-state index in [1.165, 1.54) is 12.8 Å². The summed E-state index contributed by atoms with van der Waals surface area (Å²) in [6.45, 7) is 9.63. The molecule has 2 N–H and O–H groups in total. The quantitative estimate of drug-likeness (QED) is 0.821. The fourth-order valence-electron chi connectivity index (χ4n) is 3.84. The van der Waals surface area contributed by atoms with Crippen LogP contribution >= 0.6 is 0 Å². The average Bonchev–Trinajstić information content (AvgIpc) is 2.80. The minimum absolute atomic E-state index is 0.111. The maximum absolute atomic E-state index is 10.2. The monoisotopic (exact) mass is 269 g/mol. The second kappa shape index (κ2) is 6.55. The fraction of sp³-hybridized carbons (Fsp3) is 1.00. The van der Waals surface area contributed by atoms with Gasteiger partial charge in [-0.05, 0) is 62.8 Å². The van der Waals surface area contributed by atoms with Gasteiger partial charge in [-0.25, -0.2) is 0 Å². The summed E-state index contributed by atoms with van der Waals surface area (Å²) in [6, 6.07) is 0. The Balaban J connectivity index is 1.84. The molecule has 0 aromatic heterocycles. The first-order valence-corrected chi connectivity index (χ1v) is 8.05. The van der Waals surface area contributed by atoms with Crippen molar-refractivity contribution in [3.05, 3.63) is 0 Å². The molecule has 1 heterocycles. The van der Waals surface area contributed by atoms with Crippen molar-refractivity contribution < 1.29 is 10.2 Å². The highest BCUT2D eigenvalue weighted by atomic mass is 16.3. The smallest absolute Gasteiger partial charge is 0.0580 e. The van der Waals surface area contributed by atoms with Gasteiger partial charge in [0.05, 0.1) is 12.2 Å². The Kier molecular flexibility index (Phi) is 5.27. The van der Waals surface area contributed by atoms with E-state index in [1.807, 2.05) is 6.92 Å². The van der Waals surface area contributed by atoms with E-state index in [1.54, 1.807) is 0 Å². The van der Waals surface area contributed by atoms with Crippen LogP contribution in [0.15, 0.2) is 0 Å². The first-order chi connectivity index (χ1) is 8.97. The molecule has 3 heteroatoms. The van der Waals surface area contributed by atoms with Crippen LogP contribution in [-0.2, 0) is 0 Å². The van der Waals surface area contributed by atoms with Gasteiger partial charge in [-0.15, -0.1) is 0 Å². The Morgan fingerprint density at radius 2 is 1.84 bits per heavy atom. The van der Waals surface area contributed by atoms with Crippen LogP contribution in [0.3, 0.4) is 0 Å². The van der Waals surface area contributed by atoms with E-state index in [0.29, 0.717) is 11.8 Å². The van der Waals surface area contributed by atoms with Crippen LogP contribution in [0.2, 0.25) is 0 Å². The van der Waals surface area contributed by atoms with Crippen molar-refractivity contribution in [1.29, 1.82) is 0 Å². The second-order valence-corrected chi connectivity index (χ2v) is 7.19. The molecule has 0 radical (unpaired) electrons. The molecule has 1 aliphatic heterocycles. The lowest BCUT2D eigenvalue weighted by Gasteiger charge is -2.37. The van der Waals surface area contributed by atoms with Gasteiger partial charge in [0.25, 0.3) is 0 Å². The number of hydrogen-bond donors (Lipinski definition) is 2. The molecule has 0 amide bonds. The molecule has 5 atom stereocenters. The van der Waals surface area contributed by atoms with E-state index in [-0.39, 0.29) is 12.2 Å². The molecule has 19 heavy (non-hydrogen) atoms. The zero-order valence-electron chi connectivity index (χ0n) is 12.8. The Bertz CT molecular complexity index is 280. The first kappa shape index (κ1) is 15.3. The lowest BCUT2D eigenvalue weighted by atomic mass is 9.74. The molecule has 2 fully saturated rings. The van der Waals surface area contributed by atoms with Crippen LogP contribution in [0, 0.1) is 23.7 Å². The Morgan fingerprint density at radius 3 is 2.42 bits per heavy atom. The zero-order chi connectivity index (χ0) is 14.0. The number of hydrogen-bond acceptors (Lipinski definition) is 3. The van der Waals surface area contributed by atoms with Crippen LogP contribution in [0.1, 0.15) is 46.5 Å². The minimum atomic E-state index is -0.190. The summed E-state index contributed by atoms with van der Waals surface area (Å²) in [7, 11) is 0. The molecule has 1 aliphatic carbocycles. The summed E-state index contributed by atoms with van der Waals surface area (Å²) in [5, 5.41) is 19.9. The third kappa shape index (κ3) is 3.93. The van der Waals surface area contributed by atoms with Gasteiger partial charge >= 0.3 is 0 Å². The van der Waals surface area contributed by atoms with Crippen molar-refractivity contribution in [3.63, 3.8) is 0 Å². The van der Waals surface area contributed by atoms with Gasteiger partial charge in [-0.2, -0.15) is 0 Å². The first-order valence-electron chi connectivity index (χ1n) is 8.05. The summed E-state index contributed by atoms with van der Waals surface area (Å²) in [5.74, 6) is 2.39. The van der Waals surface area contributed by atoms with Crippen molar-refractivity contribution in [2.75, 3.05) is 19.6 Å². The lowest BCUT2D eigenvalue weighted by molar-refractivity contribution is 0.0204. The largest absolute Gasteiger partial charge is 0.393 e. The molecule has 2 rings (SSSR count). The normalized spacial score (nSPS) is 38.8. The molecule has 1 saturated carbocycles. The molecule has 2 aliphatic rings. The van der Waals surface area contributed by atoms with Gasteiger partial charge in [0.15, 0.2) is 0 Å². The Labute approximate surface area is 118 Å². The van der Waals surface area contributed by atoms with Crippen LogP contribution in [-0.4, -0.2) is 47.0 Å². The minimum Gasteiger partial charge on any atom is -0.393 e. The number of likely N-dealkylation sites (tertiary alicyclic amines) is 1. The van der Waals surface area contributed by atoms with Crippen molar-refractivity contribution in [2.24, 2.45) is 23.7 Å². The van der Waals surface area contributed by atoms with Crippen LogP contribution < -0.4 is 0 Å². The highest BCUT2D eigenvalue weighted by Crippen LogP contribution is 2.35. The standard InChI is InChI=1S/C16H31NO2/c1-11(2)13-4-5-16(19)15(8-13)10-17-7-6-14(9-17)12(3)18/h11-16,18-19H,4-10H2,1-3H3. The van der Waals surface area contributed by atoms with E-state index in [4.69, 9.17) is 0 Å². The predicted octanol–water partition coefficient (Wildman–Crippen LogP) is 2.12. The number of rotatable bonds is 4. The predicted molar refractivity (Wildman–Crippen MR) is 77.9 cm³/mol. The van der Waals surface area contributed by atoms with Crippen LogP contribution in [0.25, 0.3) is 0 Å². The van der Waals surface area contributed by atoms with Gasteiger partial charge in [-0.3, -0.25) is 0 Å². The van der Waals surface area contributed by atoms with E-state index in [2.05, 4.69) is 18.7 Å². The van der Waals surface area contributed by atoms with E-state index < -0.39 is 0 Å². The summed E-state index contributed by atoms with van der Waals surface area (Å²) in [5.41, 5.74) is 0. The van der Waals surface area contributed by atoms with Gasteiger partial charge < -0.3 is 15.1 Å². The van der Waals surface area contributed by atoms with Gasteiger partial charge in [-0.1, -0.05) is 13.8 Å². The number of nitrogens with zero attached hydrogens (tertiary/aromatic N) is 1. The fourth-order valence-corrected chi connectivity index (χ4v) is 3.84. The molecular weight excluding hydrogens is 238 g/mol. The maximum atomic E-state index is 10.2. The lowest BCUT2D eigenvalue weighted by Crippen LogP contribution is -2.39. The third-order valence-electron chi connectivity index (χ3n) is 5.41. The van der Waals surface area contributed by atoms with Crippen molar-refractivity contribution >= 4 is 0 Å². The average molecular weight is 269 g/mol. The van der Waals surface area contributed by atoms with Crippen molar-refractivity contribution in [3.8, 4) is 0 Å². The topological polar surface area (TPSA) is 43.7 Å². The molecule has 0 spiro atoms. The summed E-state index contributed by atoms with van der Waals surface area (Å²) >= 11 is 0. The van der Waals surface area contributed by atoms with E-state index in [9.17, 15) is 10.2 Å². The SMILES string of the molecule is CC(C)C1CCC(O)C(CN2CCC(C(C)O)C2)C1. The highest BCUT2D eigenvalue weighted by molar-refractivity contribution is 4.86. The Morgan fingerprint density at radius 1 is 1.11 bits per heavy atom. The van der Waals surface area contributed by atoms with E-state index in [0.717, 1.165) is 44.3 Å². The molecular formula is C16H31NO2. The van der Waals surface area contributed by atoms with Gasteiger partial charge in [0.1, 0.15) is 0 Å². The summed E-state index contributed by atoms with van der Waals surface area (Å²) in [4.78, 5) is 2.45. The Hall–Kier alpha value is -0.120. The van der Waals surface area contributed by atoms with Gasteiger partial charge in [0, 0.05) is 13.1 Å². The highest BCUT2D eigenvalue weighted by Gasteiger charge is 2.34. The molecule has 112 valence electrons. The van der Waals surface area contributed by atoms with Gasteiger partial charge in [0.2, 0.25) is 0 Å². The third-order valence-corrected chi connectivity index (χ3v) is 5.41. The molecule has 0 aromatic rings. The van der Waals surface area contributed by atoms with E-state index >= 15 is 0 Å². The number of aliphatic hydroxyl groups is 2. The zero-order valence-corrected chi connectivity index (χ0v) is 12.8. The summed E-state index contributed by atoms with van der Waals surface area (Å²) < 4.78 is 0. The molecule has 0 bridgehead atoms. The molecule has 1 saturated heterocycles. The van der Waals surface area contributed by atoms with Crippen LogP contribution in [0.5, 0.6) is 0 Å². The summed E-state index contributed by atoms with van der Waals surface area (Å²) in [6.07, 6.45) is 4.14. The molecule has 0 aromatic carbocycles. The van der Waals surface area contributed by atoms with Crippen molar-refractivity contribution in [1.82, 2.24) is 4.90 Å². The second-order valence-electron chi connectivity index (χ2n) is 7.19. The van der Waals surface area contributed by atoms with Crippen molar-refractivity contribution in [2.45, 2.75) is 58.7 Å². The molecule has 3 nitrogen and oxygen atoms in total. The number of aliphatic hydroxyl groups excluding tert-OH is 2.